The molecular formula is C25H26ClFN4O3. The SMILES string of the molecule is CC1CC=C2O[C@@](C)(CN3CCc4nc(-c5ccc(F)c(Cl)c5)ccc4C3)CN2C=C1[N+](=O)[O-]. The van der Waals surface area contributed by atoms with Crippen LogP contribution >= 0.6 is 11.6 Å². The molecule has 3 aliphatic heterocycles. The first kappa shape index (κ1) is 22.8. The number of halogens is 2. The van der Waals surface area contributed by atoms with Gasteiger partial charge in [0.05, 0.1) is 34.3 Å². The molecule has 1 aromatic carbocycles. The van der Waals surface area contributed by atoms with Gasteiger partial charge in [0.1, 0.15) is 11.4 Å². The Hall–Kier alpha value is -2.97. The number of ether oxygens (including phenoxy) is 1. The second kappa shape index (κ2) is 8.67. The molecule has 7 nitrogen and oxygen atoms in total. The quantitative estimate of drug-likeness (QED) is 0.449. The second-order valence-electron chi connectivity index (χ2n) is 9.56. The minimum Gasteiger partial charge on any atom is -0.470 e. The van der Waals surface area contributed by atoms with Crippen molar-refractivity contribution in [2.45, 2.75) is 38.8 Å². The van der Waals surface area contributed by atoms with E-state index < -0.39 is 11.4 Å². The molecule has 3 aliphatic rings. The molecule has 0 amide bonds. The summed E-state index contributed by atoms with van der Waals surface area (Å²) in [6, 6.07) is 8.67. The van der Waals surface area contributed by atoms with Crippen molar-refractivity contribution in [3.8, 4) is 11.3 Å². The van der Waals surface area contributed by atoms with Crippen LogP contribution in [-0.4, -0.2) is 44.9 Å². The van der Waals surface area contributed by atoms with E-state index in [0.717, 1.165) is 42.0 Å². The Labute approximate surface area is 202 Å². The number of benzene rings is 1. The van der Waals surface area contributed by atoms with Gasteiger partial charge in [-0.05, 0) is 49.2 Å². The van der Waals surface area contributed by atoms with Crippen molar-refractivity contribution in [1.29, 1.82) is 0 Å². The number of hydrogen-bond acceptors (Lipinski definition) is 6. The molecule has 5 rings (SSSR count). The Morgan fingerprint density at radius 2 is 2.18 bits per heavy atom. The maximum atomic E-state index is 13.5. The first-order valence-corrected chi connectivity index (χ1v) is 11.8. The maximum Gasteiger partial charge on any atom is 0.265 e. The van der Waals surface area contributed by atoms with Crippen LogP contribution in [0.3, 0.4) is 0 Å². The van der Waals surface area contributed by atoms with Crippen LogP contribution in [-0.2, 0) is 17.7 Å². The highest BCUT2D eigenvalue weighted by Crippen LogP contribution is 2.35. The summed E-state index contributed by atoms with van der Waals surface area (Å²) in [5, 5.41) is 11.5. The van der Waals surface area contributed by atoms with Crippen molar-refractivity contribution < 1.29 is 14.1 Å². The molecular weight excluding hydrogens is 459 g/mol. The zero-order valence-electron chi connectivity index (χ0n) is 19.1. The predicted octanol–water partition coefficient (Wildman–Crippen LogP) is 4.99. The number of pyridine rings is 1. The molecule has 1 unspecified atom stereocenters. The number of hydrogen-bond donors (Lipinski definition) is 0. The highest BCUT2D eigenvalue weighted by molar-refractivity contribution is 6.31. The van der Waals surface area contributed by atoms with Gasteiger partial charge in [0, 0.05) is 37.3 Å². The Balaban J connectivity index is 1.29. The van der Waals surface area contributed by atoms with Crippen LogP contribution in [0, 0.1) is 21.8 Å². The molecule has 4 heterocycles. The molecule has 0 N–H and O–H groups in total. The predicted molar refractivity (Wildman–Crippen MR) is 127 cm³/mol. The number of rotatable bonds is 4. The van der Waals surface area contributed by atoms with Crippen LogP contribution in [0.5, 0.6) is 0 Å². The van der Waals surface area contributed by atoms with E-state index in [1.54, 1.807) is 18.3 Å². The third-order valence-corrected chi connectivity index (χ3v) is 6.98. The van der Waals surface area contributed by atoms with Crippen LogP contribution in [0.4, 0.5) is 4.39 Å². The smallest absolute Gasteiger partial charge is 0.265 e. The Morgan fingerprint density at radius 3 is 2.94 bits per heavy atom. The molecule has 0 aliphatic carbocycles. The summed E-state index contributed by atoms with van der Waals surface area (Å²) in [4.78, 5) is 20.2. The first-order valence-electron chi connectivity index (χ1n) is 11.4. The molecule has 0 spiro atoms. The van der Waals surface area contributed by atoms with Crippen LogP contribution < -0.4 is 0 Å². The van der Waals surface area contributed by atoms with Gasteiger partial charge in [-0.3, -0.25) is 20.0 Å². The maximum absolute atomic E-state index is 13.5. The van der Waals surface area contributed by atoms with Crippen LogP contribution in [0.2, 0.25) is 5.02 Å². The third kappa shape index (κ3) is 4.40. The lowest BCUT2D eigenvalue weighted by molar-refractivity contribution is -0.434. The van der Waals surface area contributed by atoms with E-state index in [9.17, 15) is 14.5 Å². The summed E-state index contributed by atoms with van der Waals surface area (Å²) in [6.45, 7) is 6.76. The van der Waals surface area contributed by atoms with E-state index >= 15 is 0 Å². The molecule has 2 atom stereocenters. The van der Waals surface area contributed by atoms with Gasteiger partial charge in [-0.1, -0.05) is 24.6 Å². The molecule has 9 heteroatoms. The fraction of sp³-hybridized carbons (Fsp3) is 0.400. The summed E-state index contributed by atoms with van der Waals surface area (Å²) in [7, 11) is 0. The molecule has 178 valence electrons. The first-order chi connectivity index (χ1) is 16.2. The van der Waals surface area contributed by atoms with E-state index in [1.165, 1.54) is 6.07 Å². The molecule has 1 aromatic heterocycles. The van der Waals surface area contributed by atoms with Gasteiger partial charge in [0.2, 0.25) is 0 Å². The Morgan fingerprint density at radius 1 is 1.35 bits per heavy atom. The number of aromatic nitrogens is 1. The normalized spacial score (nSPS) is 24.5. The second-order valence-corrected chi connectivity index (χ2v) is 9.97. The van der Waals surface area contributed by atoms with Crippen molar-refractivity contribution in [3.63, 3.8) is 0 Å². The van der Waals surface area contributed by atoms with Crippen molar-refractivity contribution in [2.24, 2.45) is 5.92 Å². The number of nitro groups is 1. The van der Waals surface area contributed by atoms with Crippen LogP contribution in [0.1, 0.15) is 31.5 Å². The Kier molecular flexibility index (Phi) is 5.81. The van der Waals surface area contributed by atoms with E-state index in [4.69, 9.17) is 21.3 Å². The number of fused-ring (bicyclic) bond motifs is 2. The zero-order valence-corrected chi connectivity index (χ0v) is 19.9. The van der Waals surface area contributed by atoms with E-state index in [0.29, 0.717) is 25.4 Å². The van der Waals surface area contributed by atoms with Gasteiger partial charge in [-0.2, -0.15) is 0 Å². The molecule has 0 saturated carbocycles. The topological polar surface area (TPSA) is 71.7 Å². The summed E-state index contributed by atoms with van der Waals surface area (Å²) in [5.41, 5.74) is 3.51. The molecule has 2 aromatic rings. The minimum atomic E-state index is -0.472. The fourth-order valence-corrected chi connectivity index (χ4v) is 5.12. The standard InChI is InChI=1S/C25H26ClFN4O3/c1-16-3-8-24-30(13-23(16)31(32)33)15-25(2,34-24)14-29-10-9-22-18(12-29)5-7-21(28-22)17-4-6-20(27)19(26)11-17/h4-8,11,13,16H,3,9-10,12,14-15H2,1-2H3/t16?,25-/m0/s1. The van der Waals surface area contributed by atoms with E-state index in [-0.39, 0.29) is 21.6 Å². The van der Waals surface area contributed by atoms with Gasteiger partial charge >= 0.3 is 0 Å². The summed E-state index contributed by atoms with van der Waals surface area (Å²) >= 11 is 5.94. The third-order valence-electron chi connectivity index (χ3n) is 6.69. The lowest BCUT2D eigenvalue weighted by Gasteiger charge is -2.34. The van der Waals surface area contributed by atoms with E-state index in [2.05, 4.69) is 17.9 Å². The summed E-state index contributed by atoms with van der Waals surface area (Å²) < 4.78 is 19.8. The number of nitrogens with zero attached hydrogens (tertiary/aromatic N) is 4. The average Bonchev–Trinajstić information content (AvgIpc) is 3.03. The molecule has 1 saturated heterocycles. The molecule has 0 bridgehead atoms. The van der Waals surface area contributed by atoms with Gasteiger partial charge in [0.25, 0.3) is 5.70 Å². The fourth-order valence-electron chi connectivity index (χ4n) is 4.94. The average molecular weight is 485 g/mol. The van der Waals surface area contributed by atoms with Crippen LogP contribution in [0.15, 0.2) is 54.2 Å². The summed E-state index contributed by atoms with van der Waals surface area (Å²) in [6.07, 6.45) is 4.97. The highest BCUT2D eigenvalue weighted by atomic mass is 35.5. The van der Waals surface area contributed by atoms with Crippen molar-refractivity contribution in [3.05, 3.63) is 86.4 Å². The van der Waals surface area contributed by atoms with Gasteiger partial charge < -0.3 is 9.64 Å². The highest BCUT2D eigenvalue weighted by Gasteiger charge is 2.42. The minimum absolute atomic E-state index is 0.0877. The van der Waals surface area contributed by atoms with Crippen molar-refractivity contribution in [2.75, 3.05) is 19.6 Å². The van der Waals surface area contributed by atoms with Crippen molar-refractivity contribution >= 4 is 11.6 Å². The zero-order chi connectivity index (χ0) is 24.0. The van der Waals surface area contributed by atoms with E-state index in [1.807, 2.05) is 24.0 Å². The summed E-state index contributed by atoms with van der Waals surface area (Å²) in [5.74, 6) is 0.113. The lowest BCUT2D eigenvalue weighted by atomic mass is 10.00. The van der Waals surface area contributed by atoms with Crippen LogP contribution in [0.25, 0.3) is 11.3 Å². The largest absolute Gasteiger partial charge is 0.470 e. The van der Waals surface area contributed by atoms with Crippen molar-refractivity contribution in [1.82, 2.24) is 14.8 Å². The van der Waals surface area contributed by atoms with Gasteiger partial charge in [-0.15, -0.1) is 0 Å². The Bertz CT molecular complexity index is 1220. The lowest BCUT2D eigenvalue weighted by Crippen LogP contribution is -2.45. The molecule has 1 fully saturated rings. The molecule has 34 heavy (non-hydrogen) atoms. The van der Waals surface area contributed by atoms with Gasteiger partial charge in [0.15, 0.2) is 5.88 Å². The number of allylic oxidation sites excluding steroid dienone is 2. The van der Waals surface area contributed by atoms with Gasteiger partial charge in [-0.25, -0.2) is 4.39 Å². The molecule has 0 radical (unpaired) electrons. The monoisotopic (exact) mass is 484 g/mol.